The molecule has 0 aromatic heterocycles. The van der Waals surface area contributed by atoms with Gasteiger partial charge in [0.2, 0.25) is 0 Å². The third kappa shape index (κ3) is 6.55. The van der Waals surface area contributed by atoms with Gasteiger partial charge in [-0.2, -0.15) is 0 Å². The van der Waals surface area contributed by atoms with Crippen LogP contribution in [0.2, 0.25) is 5.02 Å². The van der Waals surface area contributed by atoms with Crippen LogP contribution in [0.5, 0.6) is 0 Å². The third-order valence-electron chi connectivity index (χ3n) is 3.03. The van der Waals surface area contributed by atoms with Crippen molar-refractivity contribution in [3.05, 3.63) is 33.3 Å². The van der Waals surface area contributed by atoms with Crippen molar-refractivity contribution in [3.63, 3.8) is 0 Å². The molecule has 1 N–H and O–H groups in total. The van der Waals surface area contributed by atoms with Crippen molar-refractivity contribution in [1.29, 1.82) is 0 Å². The maximum absolute atomic E-state index is 11.8. The zero-order valence-corrected chi connectivity index (χ0v) is 16.1. The summed E-state index contributed by atoms with van der Waals surface area (Å²) in [4.78, 5) is 13.4. The molecule has 0 radical (unpaired) electrons. The molecule has 0 spiro atoms. The largest absolute Gasteiger partial charge is 0.444 e. The summed E-state index contributed by atoms with van der Waals surface area (Å²) in [5.74, 6) is 0. The van der Waals surface area contributed by atoms with Crippen LogP contribution in [0, 0.1) is 0 Å². The second-order valence-electron chi connectivity index (χ2n) is 6.24. The molecule has 1 rings (SSSR count). The number of hydrogen-bond donors (Lipinski definition) is 1. The van der Waals surface area contributed by atoms with Crippen LogP contribution in [-0.2, 0) is 4.74 Å². The predicted molar refractivity (Wildman–Crippen MR) is 94.4 cm³/mol. The van der Waals surface area contributed by atoms with Gasteiger partial charge in [-0.25, -0.2) is 4.79 Å². The third-order valence-corrected chi connectivity index (χ3v) is 3.85. The number of ether oxygens (including phenoxy) is 1. The van der Waals surface area contributed by atoms with Crippen molar-refractivity contribution < 1.29 is 9.53 Å². The summed E-state index contributed by atoms with van der Waals surface area (Å²) in [5, 5.41) is 4.08. The van der Waals surface area contributed by atoms with Crippen molar-refractivity contribution in [3.8, 4) is 0 Å². The van der Waals surface area contributed by atoms with E-state index in [4.69, 9.17) is 16.3 Å². The number of nitrogens with one attached hydrogen (secondary N) is 1. The number of likely N-dealkylation sites (N-methyl/N-ethyl adjacent to an activating group) is 1. The molecule has 0 heterocycles. The van der Waals surface area contributed by atoms with Gasteiger partial charge in [-0.15, -0.1) is 0 Å². The zero-order valence-electron chi connectivity index (χ0n) is 13.7. The first-order valence-corrected chi connectivity index (χ1v) is 8.39. The van der Waals surface area contributed by atoms with Crippen LogP contribution in [0.15, 0.2) is 22.7 Å². The van der Waals surface area contributed by atoms with Gasteiger partial charge in [-0.3, -0.25) is 0 Å². The summed E-state index contributed by atoms with van der Waals surface area (Å²) >= 11 is 9.63. The minimum Gasteiger partial charge on any atom is -0.444 e. The summed E-state index contributed by atoms with van der Waals surface area (Å²) in [5.41, 5.74) is 0.557. The second-order valence-corrected chi connectivity index (χ2v) is 7.57. The number of amides is 1. The molecule has 124 valence electrons. The Morgan fingerprint density at radius 2 is 2.09 bits per heavy atom. The van der Waals surface area contributed by atoms with Crippen LogP contribution in [0.1, 0.15) is 39.3 Å². The lowest BCUT2D eigenvalue weighted by atomic mass is 10.1. The van der Waals surface area contributed by atoms with E-state index in [1.54, 1.807) is 11.9 Å². The standard InChI is InChI=1S/C16H24BrClN2O2/c1-11(13-7-6-12(17)10-14(13)18)19-8-9-20(5)15(21)22-16(2,3)4/h6-7,10-11,19H,8-9H2,1-5H3. The summed E-state index contributed by atoms with van der Waals surface area (Å²) in [6.45, 7) is 8.83. The number of hydrogen-bond acceptors (Lipinski definition) is 3. The lowest BCUT2D eigenvalue weighted by Crippen LogP contribution is -2.38. The number of rotatable bonds is 5. The molecule has 1 aromatic carbocycles. The first kappa shape index (κ1) is 19.3. The molecule has 1 amide bonds. The van der Waals surface area contributed by atoms with E-state index in [9.17, 15) is 4.79 Å². The van der Waals surface area contributed by atoms with Gasteiger partial charge >= 0.3 is 6.09 Å². The van der Waals surface area contributed by atoms with E-state index in [0.29, 0.717) is 13.1 Å². The van der Waals surface area contributed by atoms with Crippen LogP contribution in [0.25, 0.3) is 0 Å². The molecule has 0 aliphatic carbocycles. The van der Waals surface area contributed by atoms with Crippen molar-refractivity contribution in [2.75, 3.05) is 20.1 Å². The second kappa shape index (κ2) is 8.18. The zero-order chi connectivity index (χ0) is 16.9. The van der Waals surface area contributed by atoms with Gasteiger partial charge in [0.1, 0.15) is 5.60 Å². The van der Waals surface area contributed by atoms with Gasteiger partial charge in [-0.1, -0.05) is 33.6 Å². The Labute approximate surface area is 146 Å². The minimum atomic E-state index is -0.475. The Kier molecular flexibility index (Phi) is 7.16. The molecule has 1 unspecified atom stereocenters. The van der Waals surface area contributed by atoms with Crippen LogP contribution in [0.4, 0.5) is 4.79 Å². The van der Waals surface area contributed by atoms with Gasteiger partial charge in [0.15, 0.2) is 0 Å². The highest BCUT2D eigenvalue weighted by Gasteiger charge is 2.19. The molecule has 0 fully saturated rings. The maximum Gasteiger partial charge on any atom is 0.410 e. The monoisotopic (exact) mass is 390 g/mol. The van der Waals surface area contributed by atoms with Gasteiger partial charge in [-0.05, 0) is 45.4 Å². The number of benzene rings is 1. The Hall–Kier alpha value is -0.780. The Balaban J connectivity index is 2.44. The average Bonchev–Trinajstić information content (AvgIpc) is 2.36. The number of halogens is 2. The molecule has 0 aliphatic heterocycles. The van der Waals surface area contributed by atoms with Crippen molar-refractivity contribution in [1.82, 2.24) is 10.2 Å². The summed E-state index contributed by atoms with van der Waals surface area (Å²) in [7, 11) is 1.73. The lowest BCUT2D eigenvalue weighted by molar-refractivity contribution is 0.0299. The molecule has 1 atom stereocenters. The van der Waals surface area contributed by atoms with Crippen molar-refractivity contribution >= 4 is 33.6 Å². The summed E-state index contributed by atoms with van der Waals surface area (Å²) < 4.78 is 6.26. The molecule has 0 saturated heterocycles. The fourth-order valence-corrected chi connectivity index (χ4v) is 2.68. The highest BCUT2D eigenvalue weighted by atomic mass is 79.9. The smallest absolute Gasteiger partial charge is 0.410 e. The average molecular weight is 392 g/mol. The predicted octanol–water partition coefficient (Wildman–Crippen LogP) is 4.62. The van der Waals surface area contributed by atoms with Crippen LogP contribution >= 0.6 is 27.5 Å². The first-order chi connectivity index (χ1) is 10.1. The topological polar surface area (TPSA) is 41.6 Å². The number of carbonyl (C=O) groups is 1. The van der Waals surface area contributed by atoms with E-state index in [0.717, 1.165) is 15.1 Å². The van der Waals surface area contributed by atoms with Crippen LogP contribution < -0.4 is 5.32 Å². The summed E-state index contributed by atoms with van der Waals surface area (Å²) in [6.07, 6.45) is -0.316. The van der Waals surface area contributed by atoms with E-state index >= 15 is 0 Å². The Bertz CT molecular complexity index is 517. The molecule has 0 saturated carbocycles. The highest BCUT2D eigenvalue weighted by molar-refractivity contribution is 9.10. The number of carbonyl (C=O) groups excluding carboxylic acids is 1. The fourth-order valence-electron chi connectivity index (χ4n) is 1.84. The Morgan fingerprint density at radius 1 is 1.45 bits per heavy atom. The van der Waals surface area contributed by atoms with Crippen molar-refractivity contribution in [2.24, 2.45) is 0 Å². The normalized spacial score (nSPS) is 12.9. The van der Waals surface area contributed by atoms with Crippen molar-refractivity contribution in [2.45, 2.75) is 39.3 Å². The van der Waals surface area contributed by atoms with E-state index < -0.39 is 5.60 Å². The van der Waals surface area contributed by atoms with E-state index in [2.05, 4.69) is 21.2 Å². The SMILES string of the molecule is CC(NCCN(C)C(=O)OC(C)(C)C)c1ccc(Br)cc1Cl. The highest BCUT2D eigenvalue weighted by Crippen LogP contribution is 2.26. The van der Waals surface area contributed by atoms with Gasteiger partial charge in [0.25, 0.3) is 0 Å². The molecule has 4 nitrogen and oxygen atoms in total. The minimum absolute atomic E-state index is 0.104. The molecule has 1 aromatic rings. The van der Waals surface area contributed by atoms with E-state index in [-0.39, 0.29) is 12.1 Å². The Morgan fingerprint density at radius 3 is 2.64 bits per heavy atom. The molecule has 0 bridgehead atoms. The first-order valence-electron chi connectivity index (χ1n) is 7.22. The van der Waals surface area contributed by atoms with E-state index in [1.165, 1.54) is 0 Å². The van der Waals surface area contributed by atoms with Gasteiger partial charge < -0.3 is 15.0 Å². The van der Waals surface area contributed by atoms with Crippen LogP contribution in [0.3, 0.4) is 0 Å². The molecular formula is C16H24BrClN2O2. The molecule has 0 aliphatic rings. The van der Waals surface area contributed by atoms with Crippen LogP contribution in [-0.4, -0.2) is 36.7 Å². The van der Waals surface area contributed by atoms with Gasteiger partial charge in [0.05, 0.1) is 0 Å². The molecular weight excluding hydrogens is 368 g/mol. The van der Waals surface area contributed by atoms with E-state index in [1.807, 2.05) is 45.9 Å². The number of nitrogens with zero attached hydrogens (tertiary/aromatic N) is 1. The van der Waals surface area contributed by atoms with Gasteiger partial charge in [0, 0.05) is 35.7 Å². The molecule has 6 heteroatoms. The maximum atomic E-state index is 11.8. The summed E-state index contributed by atoms with van der Waals surface area (Å²) in [6, 6.07) is 5.93. The quantitative estimate of drug-likeness (QED) is 0.796. The lowest BCUT2D eigenvalue weighted by Gasteiger charge is -2.25. The molecule has 22 heavy (non-hydrogen) atoms. The fraction of sp³-hybridized carbons (Fsp3) is 0.562.